The predicted molar refractivity (Wildman–Crippen MR) is 379 cm³/mol. The molecule has 84 heavy (non-hydrogen) atoms. The molecule has 0 saturated carbocycles. The van der Waals surface area contributed by atoms with Crippen LogP contribution in [0.3, 0.4) is 0 Å². The summed E-state index contributed by atoms with van der Waals surface area (Å²) < 4.78 is 0. The summed E-state index contributed by atoms with van der Waals surface area (Å²) in [6.45, 7) is 9.22. The number of unbranched alkanes of at least 4 members (excludes halogenated alkanes) is 53. The molecule has 0 saturated heterocycles. The SMILES string of the molecule is CCCCC=Cc1cccc(N=C(CCCCCCCCCCCCCCCCCCCC)C(C=CCCCCCCCCCCCCCCCCCCCCCC)=Nc2cccc(CCCCCCCCCCCCCCCCC)c2)c1.[Ni]. The number of aliphatic imine (C=N–C) groups is 2. The van der Waals surface area contributed by atoms with Crippen molar-refractivity contribution in [2.24, 2.45) is 9.98 Å². The molecule has 0 aromatic heterocycles. The van der Waals surface area contributed by atoms with Gasteiger partial charge >= 0.3 is 0 Å². The van der Waals surface area contributed by atoms with Crippen LogP contribution < -0.4 is 0 Å². The minimum Gasteiger partial charge on any atom is -0.251 e. The zero-order chi connectivity index (χ0) is 59.1. The normalized spacial score (nSPS) is 12.2. The average molecular weight is 1200 g/mol. The van der Waals surface area contributed by atoms with Gasteiger partial charge in [0.1, 0.15) is 0 Å². The molecule has 0 spiro atoms. The van der Waals surface area contributed by atoms with Crippen molar-refractivity contribution in [2.75, 3.05) is 0 Å². The first-order valence-electron chi connectivity index (χ1n) is 37.9. The van der Waals surface area contributed by atoms with Gasteiger partial charge in [0.25, 0.3) is 0 Å². The van der Waals surface area contributed by atoms with Crippen molar-refractivity contribution in [3.05, 3.63) is 77.9 Å². The van der Waals surface area contributed by atoms with Gasteiger partial charge in [-0.1, -0.05) is 404 Å². The molecule has 2 aromatic rings. The minimum atomic E-state index is 0. The number of allylic oxidation sites excluding steroid dienone is 3. The molecule has 2 rings (SSSR count). The molecule has 0 heterocycles. The van der Waals surface area contributed by atoms with Crippen LogP contribution in [0, 0.1) is 0 Å². The third kappa shape index (κ3) is 52.8. The van der Waals surface area contributed by atoms with E-state index in [9.17, 15) is 0 Å². The van der Waals surface area contributed by atoms with Crippen LogP contribution >= 0.6 is 0 Å². The van der Waals surface area contributed by atoms with Crippen LogP contribution in [-0.2, 0) is 22.9 Å². The molecule has 0 aliphatic rings. The second-order valence-electron chi connectivity index (χ2n) is 26.2. The molecule has 3 heteroatoms. The Kier molecular flexibility index (Phi) is 61.9. The van der Waals surface area contributed by atoms with Crippen molar-refractivity contribution in [2.45, 2.75) is 407 Å². The Hall–Kier alpha value is -2.25. The molecular formula is C81H142N2Ni. The first-order chi connectivity index (χ1) is 41.2. The summed E-state index contributed by atoms with van der Waals surface area (Å²) in [6, 6.07) is 18.1. The maximum Gasteiger partial charge on any atom is 0.0848 e. The molecule has 0 bridgehead atoms. The van der Waals surface area contributed by atoms with Crippen LogP contribution in [-0.4, -0.2) is 11.4 Å². The summed E-state index contributed by atoms with van der Waals surface area (Å²) in [6.07, 6.45) is 91.1. The zero-order valence-electron chi connectivity index (χ0n) is 56.9. The van der Waals surface area contributed by atoms with E-state index in [2.05, 4.69) is 101 Å². The Balaban J connectivity index is 0.0000353. The van der Waals surface area contributed by atoms with E-state index in [0.29, 0.717) is 0 Å². The molecule has 0 aliphatic carbocycles. The summed E-state index contributed by atoms with van der Waals surface area (Å²) in [5.74, 6) is 0. The number of aryl methyl sites for hydroxylation is 1. The Bertz CT molecular complexity index is 1770. The zero-order valence-corrected chi connectivity index (χ0v) is 57.8. The van der Waals surface area contributed by atoms with Gasteiger partial charge in [-0.2, -0.15) is 0 Å². The molecule has 0 atom stereocenters. The van der Waals surface area contributed by atoms with E-state index < -0.39 is 0 Å². The molecular weight excluding hydrogens is 1060 g/mol. The molecule has 2 nitrogen and oxygen atoms in total. The monoisotopic (exact) mass is 1200 g/mol. The van der Waals surface area contributed by atoms with E-state index in [1.54, 1.807) is 0 Å². The molecule has 2 aromatic carbocycles. The Morgan fingerprint density at radius 3 is 1.02 bits per heavy atom. The van der Waals surface area contributed by atoms with Crippen LogP contribution in [0.25, 0.3) is 6.08 Å². The number of hydrogen-bond acceptors (Lipinski definition) is 2. The molecule has 0 unspecified atom stereocenters. The number of hydrogen-bond donors (Lipinski definition) is 0. The van der Waals surface area contributed by atoms with E-state index >= 15 is 0 Å². The standard InChI is InChI=1S/C81H142N2.Ni/c1-5-9-13-17-20-23-26-29-32-34-36-37-38-39-41-44-47-50-53-56-59-63-73-81(83-79-71-65-69-77(75-79)67-61-57-54-51-48-45-42-31-28-25-22-19-15-11-7-3)80(82-78-70-64-68-76(74-78)66-60-16-12-8-4)72-62-58-55-52-49-46-43-40-35-33-30-27-24-21-18-14-10-6-2;/h60,63-66,68-71,73-75H,5-59,61-62,67,72H2,1-4H3;. The van der Waals surface area contributed by atoms with Crippen molar-refractivity contribution in [3.8, 4) is 0 Å². The van der Waals surface area contributed by atoms with E-state index in [0.717, 1.165) is 48.5 Å². The van der Waals surface area contributed by atoms with E-state index in [-0.39, 0.29) is 16.5 Å². The maximum atomic E-state index is 5.54. The van der Waals surface area contributed by atoms with E-state index in [1.807, 2.05) is 0 Å². The number of benzene rings is 2. The summed E-state index contributed by atoms with van der Waals surface area (Å²) >= 11 is 0. The van der Waals surface area contributed by atoms with Gasteiger partial charge in [0.15, 0.2) is 0 Å². The second kappa shape index (κ2) is 65.2. The van der Waals surface area contributed by atoms with Crippen LogP contribution in [0.2, 0.25) is 0 Å². The maximum absolute atomic E-state index is 5.54. The molecule has 486 valence electrons. The van der Waals surface area contributed by atoms with Gasteiger partial charge in [-0.15, -0.1) is 0 Å². The van der Waals surface area contributed by atoms with Crippen LogP contribution in [0.5, 0.6) is 0 Å². The molecule has 0 amide bonds. The third-order valence-corrected chi connectivity index (χ3v) is 18.0. The van der Waals surface area contributed by atoms with Crippen molar-refractivity contribution >= 4 is 28.9 Å². The fourth-order valence-corrected chi connectivity index (χ4v) is 12.4. The van der Waals surface area contributed by atoms with Crippen LogP contribution in [0.4, 0.5) is 11.4 Å². The van der Waals surface area contributed by atoms with Crippen molar-refractivity contribution < 1.29 is 16.5 Å². The first-order valence-corrected chi connectivity index (χ1v) is 37.9. The molecule has 0 aliphatic heterocycles. The van der Waals surface area contributed by atoms with Gasteiger partial charge in [0.2, 0.25) is 0 Å². The summed E-state index contributed by atoms with van der Waals surface area (Å²) in [7, 11) is 0. The smallest absolute Gasteiger partial charge is 0.0848 e. The van der Waals surface area contributed by atoms with Crippen LogP contribution in [0.1, 0.15) is 411 Å². The van der Waals surface area contributed by atoms with Crippen LogP contribution in [0.15, 0.2) is 76.7 Å². The average Bonchev–Trinajstić information content (AvgIpc) is 3.59. The predicted octanol–water partition coefficient (Wildman–Crippen LogP) is 29.3. The van der Waals surface area contributed by atoms with Crippen molar-refractivity contribution in [1.29, 1.82) is 0 Å². The van der Waals surface area contributed by atoms with Gasteiger partial charge in [-0.3, -0.25) is 4.99 Å². The van der Waals surface area contributed by atoms with Gasteiger partial charge < -0.3 is 0 Å². The molecule has 0 N–H and O–H groups in total. The van der Waals surface area contributed by atoms with Crippen molar-refractivity contribution in [1.82, 2.24) is 0 Å². The van der Waals surface area contributed by atoms with Gasteiger partial charge in [0.05, 0.1) is 22.8 Å². The summed E-state index contributed by atoms with van der Waals surface area (Å²) in [4.78, 5) is 11.1. The largest absolute Gasteiger partial charge is 0.251 e. The van der Waals surface area contributed by atoms with Crippen molar-refractivity contribution in [3.63, 3.8) is 0 Å². The fourth-order valence-electron chi connectivity index (χ4n) is 12.4. The summed E-state index contributed by atoms with van der Waals surface area (Å²) in [5, 5.41) is 0. The Morgan fingerprint density at radius 2 is 0.631 bits per heavy atom. The van der Waals surface area contributed by atoms with Gasteiger partial charge in [-0.25, -0.2) is 4.99 Å². The Labute approximate surface area is 536 Å². The van der Waals surface area contributed by atoms with E-state index in [4.69, 9.17) is 9.98 Å². The minimum absolute atomic E-state index is 0. The van der Waals surface area contributed by atoms with Gasteiger partial charge in [0, 0.05) is 16.5 Å². The van der Waals surface area contributed by atoms with Gasteiger partial charge in [-0.05, 0) is 86.4 Å². The number of nitrogens with zero attached hydrogens (tertiary/aromatic N) is 2. The Morgan fingerprint density at radius 1 is 0.310 bits per heavy atom. The fraction of sp³-hybridized carbons (Fsp3) is 0.778. The third-order valence-electron chi connectivity index (χ3n) is 18.0. The van der Waals surface area contributed by atoms with E-state index in [1.165, 1.54) is 364 Å². The first kappa shape index (κ1) is 79.8. The second-order valence-corrected chi connectivity index (χ2v) is 26.2. The molecule has 0 fully saturated rings. The number of rotatable bonds is 64. The molecule has 0 radical (unpaired) electrons. The quantitative estimate of drug-likeness (QED) is 0.0358. The summed E-state index contributed by atoms with van der Waals surface area (Å²) in [5.41, 5.74) is 7.03. The topological polar surface area (TPSA) is 24.7 Å².